The number of primary amides is 1. The van der Waals surface area contributed by atoms with Crippen molar-refractivity contribution < 1.29 is 9.53 Å². The number of methoxy groups -OCH3 is 1. The van der Waals surface area contributed by atoms with Crippen LogP contribution in [-0.2, 0) is 4.79 Å². The number of ether oxygens (including phenoxy) is 1. The first kappa shape index (κ1) is 17.2. The summed E-state index contributed by atoms with van der Waals surface area (Å²) in [5.41, 5.74) is 6.49. The van der Waals surface area contributed by atoms with E-state index in [0.717, 1.165) is 0 Å². The SMILES string of the molecule is CC/C(=C\N=C(C)n1[nH]cc(-c2ccnc(OC)c2)c1=O)C(N)=O. The van der Waals surface area contributed by atoms with E-state index in [-0.39, 0.29) is 5.56 Å². The number of carbonyl (C=O) groups is 1. The second-order valence-electron chi connectivity index (χ2n) is 4.96. The van der Waals surface area contributed by atoms with E-state index in [4.69, 9.17) is 10.5 Å². The molecule has 2 heterocycles. The summed E-state index contributed by atoms with van der Waals surface area (Å²) in [6.45, 7) is 3.46. The summed E-state index contributed by atoms with van der Waals surface area (Å²) in [4.78, 5) is 31.9. The minimum Gasteiger partial charge on any atom is -0.481 e. The highest BCUT2D eigenvalue weighted by Crippen LogP contribution is 2.18. The molecule has 2 aromatic rings. The normalized spacial score (nSPS) is 12.3. The molecule has 0 aliphatic rings. The average Bonchev–Trinajstić information content (AvgIpc) is 2.96. The van der Waals surface area contributed by atoms with Gasteiger partial charge in [-0.3, -0.25) is 14.7 Å². The van der Waals surface area contributed by atoms with E-state index in [0.29, 0.717) is 34.8 Å². The lowest BCUT2D eigenvalue weighted by atomic mass is 10.1. The van der Waals surface area contributed by atoms with Gasteiger partial charge in [0, 0.05) is 30.2 Å². The summed E-state index contributed by atoms with van der Waals surface area (Å²) in [5.74, 6) is 0.277. The fourth-order valence-corrected chi connectivity index (χ4v) is 2.06. The van der Waals surface area contributed by atoms with Crippen molar-refractivity contribution in [3.63, 3.8) is 0 Å². The summed E-state index contributed by atoms with van der Waals surface area (Å²) in [6, 6.07) is 3.38. The van der Waals surface area contributed by atoms with Gasteiger partial charge in [0.1, 0.15) is 5.84 Å². The maximum absolute atomic E-state index is 12.5. The number of pyridine rings is 1. The first-order chi connectivity index (χ1) is 11.5. The van der Waals surface area contributed by atoms with Crippen LogP contribution in [0.4, 0.5) is 0 Å². The Bertz CT molecular complexity index is 861. The zero-order chi connectivity index (χ0) is 17.7. The monoisotopic (exact) mass is 329 g/mol. The van der Waals surface area contributed by atoms with Crippen LogP contribution in [0.2, 0.25) is 0 Å². The van der Waals surface area contributed by atoms with Gasteiger partial charge in [0.2, 0.25) is 11.8 Å². The lowest BCUT2D eigenvalue weighted by molar-refractivity contribution is -0.114. The van der Waals surface area contributed by atoms with Crippen LogP contribution in [0.15, 0.2) is 46.1 Å². The number of nitrogens with one attached hydrogen (secondary N) is 1. The number of nitrogens with two attached hydrogens (primary N) is 1. The van der Waals surface area contributed by atoms with Gasteiger partial charge in [-0.25, -0.2) is 14.7 Å². The molecule has 0 bridgehead atoms. The Labute approximate surface area is 138 Å². The Balaban J connectivity index is 2.39. The molecule has 0 aromatic carbocycles. The predicted molar refractivity (Wildman–Crippen MR) is 90.9 cm³/mol. The summed E-state index contributed by atoms with van der Waals surface area (Å²) < 4.78 is 6.35. The van der Waals surface area contributed by atoms with E-state index in [9.17, 15) is 9.59 Å². The average molecular weight is 329 g/mol. The highest BCUT2D eigenvalue weighted by Gasteiger charge is 2.11. The molecule has 0 aliphatic carbocycles. The Kier molecular flexibility index (Phi) is 5.31. The van der Waals surface area contributed by atoms with Gasteiger partial charge >= 0.3 is 0 Å². The van der Waals surface area contributed by atoms with E-state index in [1.54, 1.807) is 38.4 Å². The molecule has 2 aromatic heterocycles. The van der Waals surface area contributed by atoms with Crippen LogP contribution in [0, 0.1) is 0 Å². The largest absolute Gasteiger partial charge is 0.481 e. The lowest BCUT2D eigenvalue weighted by Gasteiger charge is -2.01. The summed E-state index contributed by atoms with van der Waals surface area (Å²) >= 11 is 0. The minimum absolute atomic E-state index is 0.268. The number of H-pyrrole nitrogens is 1. The summed E-state index contributed by atoms with van der Waals surface area (Å²) in [6.07, 6.45) is 4.98. The van der Waals surface area contributed by atoms with Crippen LogP contribution in [0.5, 0.6) is 5.88 Å². The van der Waals surface area contributed by atoms with E-state index in [2.05, 4.69) is 15.1 Å². The van der Waals surface area contributed by atoms with Gasteiger partial charge in [0.25, 0.3) is 5.56 Å². The number of hydrogen-bond acceptors (Lipinski definition) is 5. The third kappa shape index (κ3) is 3.60. The third-order valence-electron chi connectivity index (χ3n) is 3.45. The predicted octanol–water partition coefficient (Wildman–Crippen LogP) is 1.29. The number of hydrogen-bond donors (Lipinski definition) is 2. The van der Waals surface area contributed by atoms with Gasteiger partial charge in [-0.15, -0.1) is 0 Å². The highest BCUT2D eigenvalue weighted by atomic mass is 16.5. The molecule has 0 saturated carbocycles. The fraction of sp³-hybridized carbons (Fsp3) is 0.250. The standard InChI is InChI=1S/C16H19N5O3/c1-4-11(15(17)22)8-19-10(2)21-16(23)13(9-20-21)12-5-6-18-14(7-12)24-3/h5-9,20H,4H2,1-3H3,(H2,17,22)/b11-8+,19-10?. The molecule has 2 rings (SSSR count). The van der Waals surface area contributed by atoms with Crippen LogP contribution < -0.4 is 16.0 Å². The van der Waals surface area contributed by atoms with Crippen LogP contribution in [0.1, 0.15) is 20.3 Å². The molecule has 8 heteroatoms. The van der Waals surface area contributed by atoms with Crippen LogP contribution in [0.25, 0.3) is 11.1 Å². The smallest absolute Gasteiger partial charge is 0.280 e. The Morgan fingerprint density at radius 2 is 2.29 bits per heavy atom. The molecule has 0 atom stereocenters. The Morgan fingerprint density at radius 1 is 1.54 bits per heavy atom. The fourth-order valence-electron chi connectivity index (χ4n) is 2.06. The Morgan fingerprint density at radius 3 is 2.92 bits per heavy atom. The van der Waals surface area contributed by atoms with Crippen molar-refractivity contribution in [2.24, 2.45) is 10.7 Å². The molecule has 0 aliphatic heterocycles. The number of carbonyl (C=O) groups excluding carboxylic acids is 1. The molecule has 0 fully saturated rings. The van der Waals surface area contributed by atoms with Gasteiger partial charge in [-0.05, 0) is 25.0 Å². The number of aromatic nitrogens is 3. The van der Waals surface area contributed by atoms with Crippen molar-refractivity contribution in [3.05, 3.63) is 46.7 Å². The number of rotatable bonds is 5. The topological polar surface area (TPSA) is 115 Å². The van der Waals surface area contributed by atoms with Crippen LogP contribution >= 0.6 is 0 Å². The molecule has 24 heavy (non-hydrogen) atoms. The van der Waals surface area contributed by atoms with E-state index in [1.165, 1.54) is 18.0 Å². The van der Waals surface area contributed by atoms with Crippen molar-refractivity contribution in [3.8, 4) is 17.0 Å². The molecular weight excluding hydrogens is 310 g/mol. The zero-order valence-electron chi connectivity index (χ0n) is 13.7. The number of aliphatic imine (C=N–C) groups is 1. The molecular formula is C16H19N5O3. The van der Waals surface area contributed by atoms with Crippen molar-refractivity contribution in [1.82, 2.24) is 14.8 Å². The zero-order valence-corrected chi connectivity index (χ0v) is 13.7. The Hall–Kier alpha value is -3.16. The first-order valence-corrected chi connectivity index (χ1v) is 7.32. The maximum atomic E-state index is 12.5. The lowest BCUT2D eigenvalue weighted by Crippen LogP contribution is -2.23. The molecule has 3 N–H and O–H groups in total. The molecule has 1 amide bonds. The van der Waals surface area contributed by atoms with E-state index >= 15 is 0 Å². The van der Waals surface area contributed by atoms with Crippen LogP contribution in [-0.4, -0.2) is 33.6 Å². The second kappa shape index (κ2) is 7.40. The van der Waals surface area contributed by atoms with Crippen molar-refractivity contribution in [2.45, 2.75) is 20.3 Å². The summed E-state index contributed by atoms with van der Waals surface area (Å²) in [5, 5.41) is 2.85. The van der Waals surface area contributed by atoms with Gasteiger partial charge in [0.05, 0.1) is 12.7 Å². The maximum Gasteiger partial charge on any atom is 0.280 e. The van der Waals surface area contributed by atoms with E-state index < -0.39 is 5.91 Å². The van der Waals surface area contributed by atoms with Gasteiger partial charge < -0.3 is 10.5 Å². The molecule has 0 radical (unpaired) electrons. The molecule has 0 saturated heterocycles. The van der Waals surface area contributed by atoms with Crippen molar-refractivity contribution in [2.75, 3.05) is 7.11 Å². The minimum atomic E-state index is -0.530. The molecule has 8 nitrogen and oxygen atoms in total. The molecule has 126 valence electrons. The van der Waals surface area contributed by atoms with Crippen molar-refractivity contribution in [1.29, 1.82) is 0 Å². The first-order valence-electron chi connectivity index (χ1n) is 7.32. The number of aromatic amines is 1. The third-order valence-corrected chi connectivity index (χ3v) is 3.45. The summed E-state index contributed by atoms with van der Waals surface area (Å²) in [7, 11) is 1.51. The van der Waals surface area contributed by atoms with Crippen molar-refractivity contribution >= 4 is 11.7 Å². The van der Waals surface area contributed by atoms with Crippen LogP contribution in [0.3, 0.4) is 0 Å². The molecule has 0 unspecified atom stereocenters. The highest BCUT2D eigenvalue weighted by molar-refractivity contribution is 5.92. The van der Waals surface area contributed by atoms with Gasteiger partial charge in [0.15, 0.2) is 0 Å². The van der Waals surface area contributed by atoms with Gasteiger partial charge in [-0.2, -0.15) is 0 Å². The number of amides is 1. The number of nitrogens with zero attached hydrogens (tertiary/aromatic N) is 3. The van der Waals surface area contributed by atoms with Gasteiger partial charge in [-0.1, -0.05) is 6.92 Å². The van der Waals surface area contributed by atoms with E-state index in [1.807, 2.05) is 0 Å². The quantitative estimate of drug-likeness (QED) is 0.488. The second-order valence-corrected chi connectivity index (χ2v) is 4.96. The molecule has 0 spiro atoms.